The summed E-state index contributed by atoms with van der Waals surface area (Å²) in [6.07, 6.45) is -1.48. The third-order valence-corrected chi connectivity index (χ3v) is 2.50. The largest absolute Gasteiger partial charge is 0.504 e. The van der Waals surface area contributed by atoms with E-state index in [0.717, 1.165) is 6.07 Å². The van der Waals surface area contributed by atoms with Crippen LogP contribution in [0.5, 0.6) is 11.5 Å². The van der Waals surface area contributed by atoms with Crippen molar-refractivity contribution in [1.29, 1.82) is 0 Å². The lowest BCUT2D eigenvalue weighted by molar-refractivity contribution is -0.153. The van der Waals surface area contributed by atoms with E-state index in [0.29, 0.717) is 0 Å². The van der Waals surface area contributed by atoms with Gasteiger partial charge in [0, 0.05) is 0 Å². The standard InChI is InChI=1S/C10H11BrO5/c1-2-16-10(15)8(13)5-3-6(11)9(14)7(12)4-5/h3-4,8,12-14H,2H2,1H3. The van der Waals surface area contributed by atoms with Crippen LogP contribution in [-0.4, -0.2) is 27.9 Å². The zero-order valence-electron chi connectivity index (χ0n) is 8.48. The first-order valence-corrected chi connectivity index (χ1v) is 5.32. The molecule has 0 spiro atoms. The Morgan fingerprint density at radius 1 is 1.50 bits per heavy atom. The monoisotopic (exact) mass is 290 g/mol. The summed E-state index contributed by atoms with van der Waals surface area (Å²) in [5.74, 6) is -1.58. The van der Waals surface area contributed by atoms with Gasteiger partial charge in [-0.1, -0.05) is 0 Å². The highest BCUT2D eigenvalue weighted by Gasteiger charge is 2.21. The number of ether oxygens (including phenoxy) is 1. The maximum atomic E-state index is 11.2. The number of aliphatic hydroxyl groups is 1. The maximum absolute atomic E-state index is 11.2. The van der Waals surface area contributed by atoms with Crippen LogP contribution in [0.15, 0.2) is 16.6 Å². The fourth-order valence-electron chi connectivity index (χ4n) is 1.12. The highest BCUT2D eigenvalue weighted by Crippen LogP contribution is 2.36. The lowest BCUT2D eigenvalue weighted by Gasteiger charge is -2.11. The van der Waals surface area contributed by atoms with E-state index >= 15 is 0 Å². The quantitative estimate of drug-likeness (QED) is 0.579. The van der Waals surface area contributed by atoms with Gasteiger partial charge in [0.05, 0.1) is 11.1 Å². The smallest absolute Gasteiger partial charge is 0.339 e. The van der Waals surface area contributed by atoms with Gasteiger partial charge >= 0.3 is 5.97 Å². The van der Waals surface area contributed by atoms with Crippen molar-refractivity contribution >= 4 is 21.9 Å². The van der Waals surface area contributed by atoms with Crippen LogP contribution < -0.4 is 0 Å². The molecule has 5 nitrogen and oxygen atoms in total. The molecule has 3 N–H and O–H groups in total. The average Bonchev–Trinajstić information content (AvgIpc) is 2.24. The summed E-state index contributed by atoms with van der Waals surface area (Å²) in [5, 5.41) is 28.1. The summed E-state index contributed by atoms with van der Waals surface area (Å²) < 4.78 is 4.81. The van der Waals surface area contributed by atoms with Crippen LogP contribution in [-0.2, 0) is 9.53 Å². The molecule has 0 saturated carbocycles. The zero-order chi connectivity index (χ0) is 12.3. The molecule has 1 rings (SSSR count). The predicted molar refractivity (Wildman–Crippen MR) is 59.1 cm³/mol. The van der Waals surface area contributed by atoms with E-state index in [9.17, 15) is 20.1 Å². The second-order valence-corrected chi connectivity index (χ2v) is 3.88. The number of phenolic OH excluding ortho intramolecular Hbond substituents is 2. The van der Waals surface area contributed by atoms with Gasteiger partial charge < -0.3 is 20.1 Å². The maximum Gasteiger partial charge on any atom is 0.339 e. The van der Waals surface area contributed by atoms with Crippen molar-refractivity contribution in [1.82, 2.24) is 0 Å². The first-order valence-electron chi connectivity index (χ1n) is 4.53. The van der Waals surface area contributed by atoms with E-state index in [1.54, 1.807) is 6.92 Å². The normalized spacial score (nSPS) is 12.2. The molecule has 1 aromatic carbocycles. The van der Waals surface area contributed by atoms with E-state index in [4.69, 9.17) is 0 Å². The molecule has 1 aromatic rings. The van der Waals surface area contributed by atoms with E-state index in [2.05, 4.69) is 20.7 Å². The van der Waals surface area contributed by atoms with Gasteiger partial charge in [0.25, 0.3) is 0 Å². The Hall–Kier alpha value is -1.27. The lowest BCUT2D eigenvalue weighted by atomic mass is 10.1. The molecule has 1 unspecified atom stereocenters. The predicted octanol–water partition coefficient (Wildman–Crippen LogP) is 1.46. The molecule has 0 aliphatic rings. The van der Waals surface area contributed by atoms with Crippen LogP contribution in [0.1, 0.15) is 18.6 Å². The Kier molecular flexibility index (Phi) is 4.14. The lowest BCUT2D eigenvalue weighted by Crippen LogP contribution is -2.15. The zero-order valence-corrected chi connectivity index (χ0v) is 10.1. The van der Waals surface area contributed by atoms with E-state index in [-0.39, 0.29) is 22.4 Å². The molecular weight excluding hydrogens is 280 g/mol. The number of hydrogen-bond acceptors (Lipinski definition) is 5. The summed E-state index contributed by atoms with van der Waals surface area (Å²) in [6.45, 7) is 1.77. The van der Waals surface area contributed by atoms with Gasteiger partial charge in [0.2, 0.25) is 0 Å². The fraction of sp³-hybridized carbons (Fsp3) is 0.300. The molecule has 0 radical (unpaired) electrons. The Balaban J connectivity index is 3.01. The summed E-state index contributed by atoms with van der Waals surface area (Å²) in [7, 11) is 0. The minimum Gasteiger partial charge on any atom is -0.504 e. The number of carbonyl (C=O) groups is 1. The van der Waals surface area contributed by atoms with E-state index < -0.39 is 17.8 Å². The van der Waals surface area contributed by atoms with Crippen LogP contribution in [0.25, 0.3) is 0 Å². The third-order valence-electron chi connectivity index (χ3n) is 1.89. The van der Waals surface area contributed by atoms with Crippen molar-refractivity contribution < 1.29 is 24.9 Å². The Labute approximate surface area is 100 Å². The number of hydrogen-bond donors (Lipinski definition) is 3. The van der Waals surface area contributed by atoms with Gasteiger partial charge in [-0.25, -0.2) is 4.79 Å². The van der Waals surface area contributed by atoms with Gasteiger partial charge in [0.15, 0.2) is 17.6 Å². The summed E-state index contributed by atoms with van der Waals surface area (Å²) >= 11 is 2.98. The minimum atomic E-state index is -1.48. The molecular formula is C10H11BrO5. The number of aromatic hydroxyl groups is 2. The molecule has 0 aliphatic carbocycles. The molecule has 0 bridgehead atoms. The molecule has 6 heteroatoms. The second kappa shape index (κ2) is 5.18. The van der Waals surface area contributed by atoms with Crippen molar-refractivity contribution in [2.24, 2.45) is 0 Å². The second-order valence-electron chi connectivity index (χ2n) is 3.03. The van der Waals surface area contributed by atoms with Crippen LogP contribution >= 0.6 is 15.9 Å². The molecule has 0 saturated heterocycles. The fourth-order valence-corrected chi connectivity index (χ4v) is 1.59. The average molecular weight is 291 g/mol. The number of carbonyl (C=O) groups excluding carboxylic acids is 1. The minimum absolute atomic E-state index is 0.139. The number of aliphatic hydroxyl groups excluding tert-OH is 1. The van der Waals surface area contributed by atoms with Crippen LogP contribution in [0.3, 0.4) is 0 Å². The molecule has 88 valence electrons. The highest BCUT2D eigenvalue weighted by atomic mass is 79.9. The molecule has 16 heavy (non-hydrogen) atoms. The van der Waals surface area contributed by atoms with Crippen molar-refractivity contribution in [3.63, 3.8) is 0 Å². The van der Waals surface area contributed by atoms with E-state index in [1.165, 1.54) is 6.07 Å². The first kappa shape index (κ1) is 12.8. The molecule has 0 aromatic heterocycles. The summed E-state index contributed by atoms with van der Waals surface area (Å²) in [5.41, 5.74) is 0.139. The van der Waals surface area contributed by atoms with Crippen molar-refractivity contribution in [3.8, 4) is 11.5 Å². The Morgan fingerprint density at radius 3 is 2.62 bits per heavy atom. The van der Waals surface area contributed by atoms with Crippen LogP contribution in [0.2, 0.25) is 0 Å². The van der Waals surface area contributed by atoms with Gasteiger partial charge in [0.1, 0.15) is 0 Å². The summed E-state index contributed by atoms with van der Waals surface area (Å²) in [4.78, 5) is 11.2. The SMILES string of the molecule is CCOC(=O)C(O)c1cc(O)c(O)c(Br)c1. The molecule has 0 aliphatic heterocycles. The van der Waals surface area contributed by atoms with Gasteiger partial charge in [-0.15, -0.1) is 0 Å². The topological polar surface area (TPSA) is 87.0 Å². The number of esters is 1. The Morgan fingerprint density at radius 2 is 2.12 bits per heavy atom. The third kappa shape index (κ3) is 2.65. The van der Waals surface area contributed by atoms with Crippen LogP contribution in [0, 0.1) is 0 Å². The Bertz CT molecular complexity index is 381. The molecule has 0 heterocycles. The van der Waals surface area contributed by atoms with Crippen molar-refractivity contribution in [3.05, 3.63) is 22.2 Å². The highest BCUT2D eigenvalue weighted by molar-refractivity contribution is 9.10. The number of benzene rings is 1. The molecule has 0 fully saturated rings. The number of halogens is 1. The first-order chi connectivity index (χ1) is 7.47. The number of phenols is 2. The van der Waals surface area contributed by atoms with E-state index in [1.807, 2.05) is 0 Å². The molecule has 0 amide bonds. The van der Waals surface area contributed by atoms with Gasteiger partial charge in [-0.2, -0.15) is 0 Å². The van der Waals surface area contributed by atoms with Gasteiger partial charge in [-0.05, 0) is 40.5 Å². The summed E-state index contributed by atoms with van der Waals surface area (Å²) in [6, 6.07) is 2.43. The van der Waals surface area contributed by atoms with Gasteiger partial charge in [-0.3, -0.25) is 0 Å². The van der Waals surface area contributed by atoms with Crippen molar-refractivity contribution in [2.75, 3.05) is 6.61 Å². The number of rotatable bonds is 3. The van der Waals surface area contributed by atoms with Crippen molar-refractivity contribution in [2.45, 2.75) is 13.0 Å². The molecule has 1 atom stereocenters. The van der Waals surface area contributed by atoms with Crippen LogP contribution in [0.4, 0.5) is 0 Å².